The molecule has 0 aliphatic heterocycles. The Hall–Kier alpha value is -1.39. The summed E-state index contributed by atoms with van der Waals surface area (Å²) >= 11 is 0. The molecule has 0 aliphatic carbocycles. The van der Waals surface area contributed by atoms with Gasteiger partial charge in [-0.15, -0.1) is 0 Å². The number of likely N-dealkylation sites (N-methyl/N-ethyl adjacent to an activating group) is 1. The van der Waals surface area contributed by atoms with E-state index < -0.39 is 18.1 Å². The Morgan fingerprint density at radius 3 is 2.56 bits per heavy atom. The molecule has 0 aliphatic rings. The van der Waals surface area contributed by atoms with Crippen molar-refractivity contribution in [3.05, 3.63) is 34.9 Å². The van der Waals surface area contributed by atoms with Crippen molar-refractivity contribution in [2.75, 3.05) is 6.54 Å². The highest BCUT2D eigenvalue weighted by atomic mass is 16.4. The highest BCUT2D eigenvalue weighted by molar-refractivity contribution is 5.67. The van der Waals surface area contributed by atoms with Crippen LogP contribution < -0.4 is 5.32 Å². The van der Waals surface area contributed by atoms with Crippen LogP contribution in [0.2, 0.25) is 0 Å². The minimum absolute atomic E-state index is 0.0949. The first-order valence-corrected chi connectivity index (χ1v) is 6.16. The molecule has 100 valence electrons. The second-order valence-corrected chi connectivity index (χ2v) is 4.57. The molecule has 1 rings (SSSR count). The summed E-state index contributed by atoms with van der Waals surface area (Å²) in [5, 5.41) is 22.2. The molecule has 1 aromatic rings. The van der Waals surface area contributed by atoms with Crippen LogP contribution in [0, 0.1) is 13.8 Å². The van der Waals surface area contributed by atoms with E-state index in [-0.39, 0.29) is 6.42 Å². The fourth-order valence-electron chi connectivity index (χ4n) is 2.12. The summed E-state index contributed by atoms with van der Waals surface area (Å²) < 4.78 is 0. The Morgan fingerprint density at radius 2 is 2.06 bits per heavy atom. The summed E-state index contributed by atoms with van der Waals surface area (Å²) in [5.41, 5.74) is 2.89. The molecule has 0 spiro atoms. The van der Waals surface area contributed by atoms with Gasteiger partial charge in [0, 0.05) is 6.04 Å². The molecule has 0 bridgehead atoms. The fraction of sp³-hybridized carbons (Fsp3) is 0.500. The van der Waals surface area contributed by atoms with E-state index in [1.807, 2.05) is 39.0 Å². The van der Waals surface area contributed by atoms with Crippen molar-refractivity contribution in [2.45, 2.75) is 39.3 Å². The normalized spacial score (nSPS) is 14.2. The zero-order valence-corrected chi connectivity index (χ0v) is 11.1. The van der Waals surface area contributed by atoms with E-state index >= 15 is 0 Å². The lowest BCUT2D eigenvalue weighted by Crippen LogP contribution is -2.37. The lowest BCUT2D eigenvalue weighted by molar-refractivity contribution is -0.138. The summed E-state index contributed by atoms with van der Waals surface area (Å²) in [6, 6.07) is 5.31. The van der Waals surface area contributed by atoms with E-state index in [9.17, 15) is 9.90 Å². The van der Waals surface area contributed by atoms with Crippen molar-refractivity contribution < 1.29 is 15.0 Å². The third kappa shape index (κ3) is 3.82. The van der Waals surface area contributed by atoms with Gasteiger partial charge >= 0.3 is 5.97 Å². The molecular formula is C14H21NO3. The Labute approximate surface area is 108 Å². The summed E-state index contributed by atoms with van der Waals surface area (Å²) in [6.07, 6.45) is -0.899. The minimum Gasteiger partial charge on any atom is -0.481 e. The predicted octanol–water partition coefficient (Wildman–Crippen LogP) is 1.79. The van der Waals surface area contributed by atoms with Gasteiger partial charge in [-0.25, -0.2) is 0 Å². The van der Waals surface area contributed by atoms with E-state index in [1.54, 1.807) is 0 Å². The number of hydrogen-bond acceptors (Lipinski definition) is 3. The van der Waals surface area contributed by atoms with E-state index in [2.05, 4.69) is 5.32 Å². The van der Waals surface area contributed by atoms with E-state index in [1.165, 1.54) is 0 Å². The Balaban J connectivity index is 2.93. The predicted molar refractivity (Wildman–Crippen MR) is 70.6 cm³/mol. The smallest absolute Gasteiger partial charge is 0.305 e. The average Bonchev–Trinajstić information content (AvgIpc) is 2.27. The van der Waals surface area contributed by atoms with Crippen LogP contribution >= 0.6 is 0 Å². The number of carbonyl (C=O) groups is 1. The van der Waals surface area contributed by atoms with Gasteiger partial charge in [0.15, 0.2) is 0 Å². The highest BCUT2D eigenvalue weighted by Crippen LogP contribution is 2.23. The molecule has 0 amide bonds. The molecule has 0 saturated heterocycles. The molecule has 18 heavy (non-hydrogen) atoms. The van der Waals surface area contributed by atoms with E-state index in [4.69, 9.17) is 5.11 Å². The number of carboxylic acid groups (broad SMARTS) is 1. The van der Waals surface area contributed by atoms with Crippen LogP contribution in [0.25, 0.3) is 0 Å². The van der Waals surface area contributed by atoms with Crippen molar-refractivity contribution in [1.82, 2.24) is 5.32 Å². The zero-order chi connectivity index (χ0) is 13.7. The van der Waals surface area contributed by atoms with Gasteiger partial charge in [-0.3, -0.25) is 4.79 Å². The summed E-state index contributed by atoms with van der Waals surface area (Å²) in [6.45, 7) is 6.43. The van der Waals surface area contributed by atoms with Crippen molar-refractivity contribution in [3.63, 3.8) is 0 Å². The standard InChI is InChI=1S/C14H21NO3/c1-4-15-12(8-13(16)17)14(18)11-6-5-9(2)7-10(11)3/h5-7,12,14-15,18H,4,8H2,1-3H3,(H,16,17). The molecule has 2 unspecified atom stereocenters. The first-order valence-electron chi connectivity index (χ1n) is 6.16. The minimum atomic E-state index is -0.912. The maximum absolute atomic E-state index is 10.8. The second-order valence-electron chi connectivity index (χ2n) is 4.57. The van der Waals surface area contributed by atoms with Crippen molar-refractivity contribution in [2.24, 2.45) is 0 Å². The summed E-state index contributed by atoms with van der Waals surface area (Å²) in [7, 11) is 0. The number of benzene rings is 1. The third-order valence-electron chi connectivity index (χ3n) is 2.99. The van der Waals surface area contributed by atoms with Gasteiger partial charge in [-0.05, 0) is 31.5 Å². The topological polar surface area (TPSA) is 69.6 Å². The fourth-order valence-corrected chi connectivity index (χ4v) is 2.12. The van der Waals surface area contributed by atoms with Crippen molar-refractivity contribution in [1.29, 1.82) is 0 Å². The second kappa shape index (κ2) is 6.52. The van der Waals surface area contributed by atoms with Gasteiger partial charge in [0.25, 0.3) is 0 Å². The number of aliphatic hydroxyl groups is 1. The number of aliphatic carboxylic acids is 1. The average molecular weight is 251 g/mol. The van der Waals surface area contributed by atoms with Crippen LogP contribution in [-0.2, 0) is 4.79 Å². The molecule has 2 atom stereocenters. The number of rotatable bonds is 6. The molecule has 0 fully saturated rings. The monoisotopic (exact) mass is 251 g/mol. The molecule has 4 nitrogen and oxygen atoms in total. The molecule has 0 radical (unpaired) electrons. The zero-order valence-electron chi connectivity index (χ0n) is 11.1. The molecule has 4 heteroatoms. The third-order valence-corrected chi connectivity index (χ3v) is 2.99. The van der Waals surface area contributed by atoms with Crippen molar-refractivity contribution >= 4 is 5.97 Å². The van der Waals surface area contributed by atoms with Crippen LogP contribution in [0.15, 0.2) is 18.2 Å². The summed E-state index contributed by atoms with van der Waals surface area (Å²) in [4.78, 5) is 10.8. The SMILES string of the molecule is CCNC(CC(=O)O)C(O)c1ccc(C)cc1C. The van der Waals surface area contributed by atoms with Crippen LogP contribution in [-0.4, -0.2) is 28.8 Å². The lowest BCUT2D eigenvalue weighted by Gasteiger charge is -2.24. The first-order chi connectivity index (χ1) is 8.45. The van der Waals surface area contributed by atoms with Gasteiger partial charge < -0.3 is 15.5 Å². The van der Waals surface area contributed by atoms with Crippen LogP contribution in [0.1, 0.15) is 36.1 Å². The molecular weight excluding hydrogens is 230 g/mol. The maximum atomic E-state index is 10.8. The maximum Gasteiger partial charge on any atom is 0.305 e. The number of aliphatic hydroxyl groups excluding tert-OH is 1. The van der Waals surface area contributed by atoms with Gasteiger partial charge in [0.2, 0.25) is 0 Å². The van der Waals surface area contributed by atoms with Gasteiger partial charge in [0.1, 0.15) is 0 Å². The molecule has 0 aromatic heterocycles. The molecule has 0 saturated carbocycles. The summed E-state index contributed by atoms with van der Waals surface area (Å²) in [5.74, 6) is -0.912. The van der Waals surface area contributed by atoms with E-state index in [0.29, 0.717) is 6.54 Å². The number of hydrogen-bond donors (Lipinski definition) is 3. The molecule has 3 N–H and O–H groups in total. The lowest BCUT2D eigenvalue weighted by atomic mass is 9.95. The van der Waals surface area contributed by atoms with Crippen LogP contribution in [0.5, 0.6) is 0 Å². The van der Waals surface area contributed by atoms with Gasteiger partial charge in [-0.2, -0.15) is 0 Å². The quantitative estimate of drug-likeness (QED) is 0.721. The Morgan fingerprint density at radius 1 is 1.39 bits per heavy atom. The van der Waals surface area contributed by atoms with Gasteiger partial charge in [0.05, 0.1) is 12.5 Å². The van der Waals surface area contributed by atoms with Crippen LogP contribution in [0.4, 0.5) is 0 Å². The number of carboxylic acids is 1. The number of aryl methyl sites for hydroxylation is 2. The van der Waals surface area contributed by atoms with Crippen LogP contribution in [0.3, 0.4) is 0 Å². The first kappa shape index (κ1) is 14.7. The molecule has 1 aromatic carbocycles. The largest absolute Gasteiger partial charge is 0.481 e. The number of nitrogens with one attached hydrogen (secondary N) is 1. The van der Waals surface area contributed by atoms with Gasteiger partial charge in [-0.1, -0.05) is 30.7 Å². The van der Waals surface area contributed by atoms with Crippen molar-refractivity contribution in [3.8, 4) is 0 Å². The Kier molecular flexibility index (Phi) is 5.31. The highest BCUT2D eigenvalue weighted by Gasteiger charge is 2.23. The van der Waals surface area contributed by atoms with E-state index in [0.717, 1.165) is 16.7 Å². The Bertz CT molecular complexity index is 418. The molecule has 0 heterocycles.